The number of fused-ring (bicyclic) bond motifs is 1. The molecule has 0 bridgehead atoms. The molecule has 2 heterocycles. The molecule has 0 saturated heterocycles. The summed E-state index contributed by atoms with van der Waals surface area (Å²) in [5.74, 6) is -1.02. The Kier molecular flexibility index (Phi) is 5.21. The molecule has 0 saturated carbocycles. The van der Waals surface area contributed by atoms with Gasteiger partial charge in [0.25, 0.3) is 0 Å². The maximum Gasteiger partial charge on any atom is 0.337 e. The molecular weight excluding hydrogens is 355 g/mol. The molecule has 3 aromatic rings. The van der Waals surface area contributed by atoms with E-state index >= 15 is 0 Å². The third kappa shape index (κ3) is 3.39. The Balaban J connectivity index is 0.00000208. The normalized spacial score (nSPS) is 10.7. The van der Waals surface area contributed by atoms with Crippen LogP contribution in [0, 0.1) is 6.92 Å². The van der Waals surface area contributed by atoms with Crippen LogP contribution < -0.4 is 5.11 Å². The van der Waals surface area contributed by atoms with E-state index in [1.54, 1.807) is 31.3 Å². The van der Waals surface area contributed by atoms with E-state index in [0.717, 1.165) is 0 Å². The number of aromatic carboxylic acids is 1. The van der Waals surface area contributed by atoms with Crippen LogP contribution in [0.3, 0.4) is 0 Å². The van der Waals surface area contributed by atoms with Gasteiger partial charge in [0.2, 0.25) is 0 Å². The Hall–Kier alpha value is -2.86. The van der Waals surface area contributed by atoms with Crippen LogP contribution in [0.2, 0.25) is 0 Å². The number of carboxylic acids is 1. The van der Waals surface area contributed by atoms with Gasteiger partial charge in [-0.2, -0.15) is 0 Å². The average molecular weight is 366 g/mol. The third-order valence-corrected chi connectivity index (χ3v) is 3.25. The van der Waals surface area contributed by atoms with E-state index in [1.165, 1.54) is 18.2 Å². The van der Waals surface area contributed by atoms with Crippen LogP contribution in [0.15, 0.2) is 52.8 Å². The first-order valence-corrected chi connectivity index (χ1v) is 6.73. The van der Waals surface area contributed by atoms with E-state index < -0.39 is 5.97 Å². The van der Waals surface area contributed by atoms with Gasteiger partial charge in [0, 0.05) is 22.7 Å². The number of aryl methyl sites for hydroxylation is 1. The number of nitrogens with zero attached hydrogens (tertiary/aromatic N) is 4. The van der Waals surface area contributed by atoms with Crippen molar-refractivity contribution in [1.82, 2.24) is 9.97 Å². The molecule has 0 aliphatic carbocycles. The van der Waals surface area contributed by atoms with Crippen LogP contribution >= 0.6 is 0 Å². The number of carbonyl (C=O) groups is 1. The molecule has 1 N–H and O–H groups in total. The Bertz CT molecular complexity index is 930. The average Bonchev–Trinajstić information content (AvgIpc) is 2.54. The molecule has 1 aromatic carbocycles. The van der Waals surface area contributed by atoms with E-state index in [2.05, 4.69) is 20.2 Å². The first kappa shape index (κ1) is 17.5. The molecular formula is C16H11N4NiO3-. The topological polar surface area (TPSA) is 111 Å². The number of rotatable bonds is 3. The minimum absolute atomic E-state index is 0. The number of azo groups is 1. The molecule has 7 nitrogen and oxygen atoms in total. The molecule has 0 unspecified atom stereocenters. The van der Waals surface area contributed by atoms with Crippen LogP contribution in [0.1, 0.15) is 16.1 Å². The maximum atomic E-state index is 12.0. The zero-order valence-corrected chi connectivity index (χ0v) is 13.4. The molecule has 0 fully saturated rings. The van der Waals surface area contributed by atoms with Crippen molar-refractivity contribution < 1.29 is 31.5 Å². The fraction of sp³-hybridized carbons (Fsp3) is 0.0625. The van der Waals surface area contributed by atoms with E-state index in [-0.39, 0.29) is 33.2 Å². The number of hydrogen-bond acceptors (Lipinski definition) is 6. The van der Waals surface area contributed by atoms with Crippen LogP contribution in [0.5, 0.6) is 5.75 Å². The second-order valence-corrected chi connectivity index (χ2v) is 4.79. The van der Waals surface area contributed by atoms with Gasteiger partial charge in [0.1, 0.15) is 5.69 Å². The maximum absolute atomic E-state index is 12.0. The molecule has 0 aliphatic heterocycles. The second kappa shape index (κ2) is 7.14. The van der Waals surface area contributed by atoms with Crippen molar-refractivity contribution in [3.05, 3.63) is 53.9 Å². The summed E-state index contributed by atoms with van der Waals surface area (Å²) in [6.45, 7) is 1.57. The molecule has 0 aliphatic rings. The summed E-state index contributed by atoms with van der Waals surface area (Å²) in [5, 5.41) is 29.4. The number of pyridine rings is 2. The summed E-state index contributed by atoms with van der Waals surface area (Å²) in [7, 11) is 0. The molecule has 0 spiro atoms. The number of hydrogen-bond donors (Lipinski definition) is 1. The summed E-state index contributed by atoms with van der Waals surface area (Å²) in [6.07, 6.45) is 1.59. The molecule has 0 radical (unpaired) electrons. The zero-order chi connectivity index (χ0) is 16.4. The van der Waals surface area contributed by atoms with Gasteiger partial charge in [-0.05, 0) is 36.6 Å². The standard InChI is InChI=1S/C16H12N4O3.Ni/c1-9-10(16(22)23)8-11-13(21)6-5-12(15(11)18-9)19-20-14-4-2-3-7-17-14;/h2-8,21H,1H3,(H,22,23);/p-1. The Labute approximate surface area is 147 Å². The van der Waals surface area contributed by atoms with Crippen LogP contribution in [0.25, 0.3) is 10.9 Å². The van der Waals surface area contributed by atoms with Gasteiger partial charge in [0.05, 0.1) is 16.8 Å². The van der Waals surface area contributed by atoms with E-state index in [4.69, 9.17) is 5.11 Å². The van der Waals surface area contributed by atoms with Gasteiger partial charge in [-0.3, -0.25) is 0 Å². The quantitative estimate of drug-likeness (QED) is 0.566. The van der Waals surface area contributed by atoms with E-state index in [9.17, 15) is 9.90 Å². The first-order valence-electron chi connectivity index (χ1n) is 6.73. The number of aromatic nitrogens is 2. The zero-order valence-electron chi connectivity index (χ0n) is 12.4. The summed E-state index contributed by atoms with van der Waals surface area (Å²) in [4.78, 5) is 19.4. The third-order valence-electron chi connectivity index (χ3n) is 3.25. The van der Waals surface area contributed by atoms with Crippen molar-refractivity contribution >= 4 is 28.4 Å². The van der Waals surface area contributed by atoms with Gasteiger partial charge >= 0.3 is 5.97 Å². The van der Waals surface area contributed by atoms with Gasteiger partial charge in [-0.25, -0.2) is 14.8 Å². The smallest absolute Gasteiger partial charge is 0.337 e. The van der Waals surface area contributed by atoms with Crippen molar-refractivity contribution in [2.45, 2.75) is 6.92 Å². The van der Waals surface area contributed by atoms with Gasteiger partial charge in [-0.1, -0.05) is 17.9 Å². The van der Waals surface area contributed by atoms with Crippen molar-refractivity contribution in [1.29, 1.82) is 0 Å². The molecule has 24 heavy (non-hydrogen) atoms. The fourth-order valence-corrected chi connectivity index (χ4v) is 2.13. The summed E-state index contributed by atoms with van der Waals surface area (Å²) < 4.78 is 0. The predicted octanol–water partition coefficient (Wildman–Crippen LogP) is 3.12. The molecule has 2 aromatic heterocycles. The molecule has 0 amide bonds. The largest absolute Gasteiger partial charge is 0.872 e. The molecule has 124 valence electrons. The first-order chi connectivity index (χ1) is 11.1. The summed E-state index contributed by atoms with van der Waals surface area (Å²) >= 11 is 0. The van der Waals surface area contributed by atoms with Crippen molar-refractivity contribution in [2.75, 3.05) is 0 Å². The Morgan fingerprint density at radius 2 is 2.00 bits per heavy atom. The Morgan fingerprint density at radius 3 is 2.67 bits per heavy atom. The van der Waals surface area contributed by atoms with E-state index in [1.807, 2.05) is 0 Å². The minimum Gasteiger partial charge on any atom is -0.872 e. The minimum atomic E-state index is -1.13. The van der Waals surface area contributed by atoms with Gasteiger partial charge in [-0.15, -0.1) is 10.2 Å². The molecule has 8 heteroatoms. The molecule has 3 rings (SSSR count). The SMILES string of the molecule is Cc1nc2c(N=Nc3ccccn3)ccc([O-])c2cc1C(=O)O.[Ni]. The van der Waals surface area contributed by atoms with Crippen LogP contribution in [0.4, 0.5) is 11.5 Å². The predicted molar refractivity (Wildman–Crippen MR) is 81.3 cm³/mol. The summed E-state index contributed by atoms with van der Waals surface area (Å²) in [5.41, 5.74) is 1.00. The fourth-order valence-electron chi connectivity index (χ4n) is 2.13. The molecule has 0 atom stereocenters. The Morgan fingerprint density at radius 1 is 1.21 bits per heavy atom. The van der Waals surface area contributed by atoms with Crippen molar-refractivity contribution in [3.63, 3.8) is 0 Å². The van der Waals surface area contributed by atoms with Crippen LogP contribution in [-0.4, -0.2) is 21.0 Å². The van der Waals surface area contributed by atoms with E-state index in [0.29, 0.717) is 22.7 Å². The number of benzene rings is 1. The monoisotopic (exact) mass is 365 g/mol. The second-order valence-electron chi connectivity index (χ2n) is 4.79. The van der Waals surface area contributed by atoms with Crippen LogP contribution in [-0.2, 0) is 16.5 Å². The summed E-state index contributed by atoms with van der Waals surface area (Å²) in [6, 6.07) is 9.37. The number of carboxylic acid groups (broad SMARTS) is 1. The van der Waals surface area contributed by atoms with Crippen molar-refractivity contribution in [2.24, 2.45) is 10.2 Å². The van der Waals surface area contributed by atoms with Gasteiger partial charge < -0.3 is 10.2 Å². The van der Waals surface area contributed by atoms with Crippen molar-refractivity contribution in [3.8, 4) is 5.75 Å². The van der Waals surface area contributed by atoms with Gasteiger partial charge in [0.15, 0.2) is 5.82 Å².